The van der Waals surface area contributed by atoms with Gasteiger partial charge in [0.1, 0.15) is 11.4 Å². The number of hydrogen-bond donors (Lipinski definition) is 2. The summed E-state index contributed by atoms with van der Waals surface area (Å²) < 4.78 is 14.2. The Morgan fingerprint density at radius 2 is 1.96 bits per heavy atom. The normalized spacial score (nSPS) is 17.6. The third-order valence-corrected chi connectivity index (χ3v) is 4.72. The summed E-state index contributed by atoms with van der Waals surface area (Å²) in [4.78, 5) is 29.6. The Kier molecular flexibility index (Phi) is 4.34. The van der Waals surface area contributed by atoms with Gasteiger partial charge in [-0.3, -0.25) is 9.59 Å². The molecule has 0 unspecified atom stereocenters. The summed E-state index contributed by atoms with van der Waals surface area (Å²) in [5.41, 5.74) is 1.51. The van der Waals surface area contributed by atoms with Crippen molar-refractivity contribution in [2.45, 2.75) is 19.3 Å². The van der Waals surface area contributed by atoms with E-state index in [0.717, 1.165) is 31.6 Å². The molecule has 4 rings (SSSR count). The number of benzene rings is 1. The summed E-state index contributed by atoms with van der Waals surface area (Å²) in [5.74, 6) is -0.468. The predicted molar refractivity (Wildman–Crippen MR) is 94.5 cm³/mol. The summed E-state index contributed by atoms with van der Waals surface area (Å²) in [7, 11) is 0. The standard InChI is InChI=1S/C18H18FN5O2/c19-12-1-3-13(4-2-12)22-18(26)14-10-21-24-16(25)9-15(23-17(14)24)11-5-7-20-8-6-11/h1-4,10-11,20H,5-9H2,(H,22,26). The van der Waals surface area contributed by atoms with Crippen LogP contribution in [0.1, 0.15) is 34.4 Å². The highest BCUT2D eigenvalue weighted by Crippen LogP contribution is 2.29. The van der Waals surface area contributed by atoms with Crippen LogP contribution < -0.4 is 10.6 Å². The lowest BCUT2D eigenvalue weighted by molar-refractivity contribution is 0.0904. The molecule has 1 aromatic carbocycles. The van der Waals surface area contributed by atoms with Gasteiger partial charge in [0, 0.05) is 17.3 Å². The molecular weight excluding hydrogens is 337 g/mol. The molecular formula is C18H18FN5O2. The van der Waals surface area contributed by atoms with Crippen molar-refractivity contribution in [1.82, 2.24) is 15.1 Å². The summed E-state index contributed by atoms with van der Waals surface area (Å²) in [6.45, 7) is 1.80. The zero-order chi connectivity index (χ0) is 18.1. The number of aliphatic imine (C=N–C) groups is 1. The van der Waals surface area contributed by atoms with Crippen molar-refractivity contribution in [3.8, 4) is 0 Å². The molecule has 1 saturated heterocycles. The minimum absolute atomic E-state index is 0.177. The topological polar surface area (TPSA) is 88.4 Å². The van der Waals surface area contributed by atoms with Gasteiger partial charge in [-0.05, 0) is 50.2 Å². The highest BCUT2D eigenvalue weighted by molar-refractivity contribution is 6.12. The first-order chi connectivity index (χ1) is 12.6. The molecule has 0 atom stereocenters. The van der Waals surface area contributed by atoms with Crippen molar-refractivity contribution in [3.05, 3.63) is 41.8 Å². The van der Waals surface area contributed by atoms with E-state index in [1.165, 1.54) is 35.1 Å². The third kappa shape index (κ3) is 3.15. The molecule has 134 valence electrons. The number of carbonyl (C=O) groups excluding carboxylic acids is 2. The Morgan fingerprint density at radius 1 is 1.23 bits per heavy atom. The zero-order valence-corrected chi connectivity index (χ0v) is 14.0. The number of carbonyl (C=O) groups is 2. The smallest absolute Gasteiger partial charge is 0.261 e. The van der Waals surface area contributed by atoms with Gasteiger partial charge in [-0.2, -0.15) is 9.78 Å². The Morgan fingerprint density at radius 3 is 2.69 bits per heavy atom. The number of nitrogens with one attached hydrogen (secondary N) is 2. The summed E-state index contributed by atoms with van der Waals surface area (Å²) in [6.07, 6.45) is 3.44. The molecule has 1 fully saturated rings. The average molecular weight is 355 g/mol. The predicted octanol–water partition coefficient (Wildman–Crippen LogP) is 2.39. The van der Waals surface area contributed by atoms with E-state index in [2.05, 4.69) is 20.7 Å². The van der Waals surface area contributed by atoms with Gasteiger partial charge in [0.2, 0.25) is 0 Å². The minimum atomic E-state index is -0.430. The van der Waals surface area contributed by atoms with E-state index >= 15 is 0 Å². The lowest BCUT2D eigenvalue weighted by atomic mass is 9.90. The Hall–Kier alpha value is -2.87. The van der Waals surface area contributed by atoms with Gasteiger partial charge in [-0.1, -0.05) is 0 Å². The van der Waals surface area contributed by atoms with Crippen LogP contribution in [-0.4, -0.2) is 40.4 Å². The fourth-order valence-corrected chi connectivity index (χ4v) is 3.32. The van der Waals surface area contributed by atoms with Crippen molar-refractivity contribution in [3.63, 3.8) is 0 Å². The molecule has 0 bridgehead atoms. The first-order valence-electron chi connectivity index (χ1n) is 8.58. The summed E-state index contributed by atoms with van der Waals surface area (Å²) in [6, 6.07) is 5.47. The van der Waals surface area contributed by atoms with Gasteiger partial charge >= 0.3 is 0 Å². The van der Waals surface area contributed by atoms with Gasteiger partial charge in [0.05, 0.1) is 12.6 Å². The number of hydrogen-bond acceptors (Lipinski definition) is 5. The maximum absolute atomic E-state index is 13.0. The van der Waals surface area contributed by atoms with E-state index in [4.69, 9.17) is 0 Å². The molecule has 0 aliphatic carbocycles. The highest BCUT2D eigenvalue weighted by atomic mass is 19.1. The van der Waals surface area contributed by atoms with E-state index in [-0.39, 0.29) is 35.4 Å². The van der Waals surface area contributed by atoms with Gasteiger partial charge in [0.25, 0.3) is 11.8 Å². The van der Waals surface area contributed by atoms with Crippen LogP contribution in [0.5, 0.6) is 0 Å². The van der Waals surface area contributed by atoms with Gasteiger partial charge in [-0.15, -0.1) is 0 Å². The van der Waals surface area contributed by atoms with Crippen molar-refractivity contribution in [2.75, 3.05) is 18.4 Å². The number of aromatic nitrogens is 2. The van der Waals surface area contributed by atoms with Crippen LogP contribution in [0.2, 0.25) is 0 Å². The first-order valence-corrected chi connectivity index (χ1v) is 8.58. The second kappa shape index (κ2) is 6.80. The molecule has 7 nitrogen and oxygen atoms in total. The van der Waals surface area contributed by atoms with Crippen LogP contribution in [0.4, 0.5) is 15.9 Å². The van der Waals surface area contributed by atoms with Crippen molar-refractivity contribution in [2.24, 2.45) is 10.9 Å². The van der Waals surface area contributed by atoms with Crippen LogP contribution in [0.3, 0.4) is 0 Å². The van der Waals surface area contributed by atoms with Crippen LogP contribution in [0.25, 0.3) is 0 Å². The molecule has 0 saturated carbocycles. The fraction of sp³-hybridized carbons (Fsp3) is 0.333. The monoisotopic (exact) mass is 355 g/mol. The van der Waals surface area contributed by atoms with Crippen LogP contribution in [0, 0.1) is 11.7 Å². The van der Waals surface area contributed by atoms with E-state index < -0.39 is 5.91 Å². The maximum Gasteiger partial charge on any atom is 0.261 e. The Bertz CT molecular complexity index is 881. The number of nitrogens with zero attached hydrogens (tertiary/aromatic N) is 3. The van der Waals surface area contributed by atoms with E-state index in [1.54, 1.807) is 0 Å². The molecule has 0 spiro atoms. The second-order valence-electron chi connectivity index (χ2n) is 6.45. The maximum atomic E-state index is 13.0. The molecule has 2 aliphatic heterocycles. The van der Waals surface area contributed by atoms with Gasteiger partial charge in [0.15, 0.2) is 5.82 Å². The molecule has 3 heterocycles. The molecule has 1 aromatic heterocycles. The zero-order valence-electron chi connectivity index (χ0n) is 14.0. The highest BCUT2D eigenvalue weighted by Gasteiger charge is 2.30. The number of piperidine rings is 1. The number of anilines is 1. The number of amides is 1. The largest absolute Gasteiger partial charge is 0.322 e. The summed E-state index contributed by atoms with van der Waals surface area (Å²) >= 11 is 0. The van der Waals surface area contributed by atoms with Crippen molar-refractivity contribution < 1.29 is 14.0 Å². The third-order valence-electron chi connectivity index (χ3n) is 4.72. The molecule has 1 amide bonds. The minimum Gasteiger partial charge on any atom is -0.322 e. The number of fused-ring (bicyclic) bond motifs is 1. The molecule has 2 N–H and O–H groups in total. The lowest BCUT2D eigenvalue weighted by Gasteiger charge is -2.25. The van der Waals surface area contributed by atoms with Gasteiger partial charge in [-0.25, -0.2) is 9.38 Å². The first kappa shape index (κ1) is 16.6. The molecule has 2 aliphatic rings. The molecule has 2 aromatic rings. The Labute approximate surface area is 149 Å². The molecule has 8 heteroatoms. The second-order valence-corrected chi connectivity index (χ2v) is 6.45. The molecule has 26 heavy (non-hydrogen) atoms. The van der Waals surface area contributed by atoms with E-state index in [1.807, 2.05) is 0 Å². The van der Waals surface area contributed by atoms with Crippen molar-refractivity contribution >= 4 is 29.0 Å². The average Bonchev–Trinajstić information content (AvgIpc) is 3.09. The lowest BCUT2D eigenvalue weighted by Crippen LogP contribution is -2.34. The van der Waals surface area contributed by atoms with Crippen LogP contribution in [-0.2, 0) is 0 Å². The van der Waals surface area contributed by atoms with E-state index in [9.17, 15) is 14.0 Å². The number of rotatable bonds is 3. The summed E-state index contributed by atoms with van der Waals surface area (Å²) in [5, 5.41) is 9.99. The van der Waals surface area contributed by atoms with Gasteiger partial charge < -0.3 is 10.6 Å². The Balaban J connectivity index is 1.61. The quantitative estimate of drug-likeness (QED) is 0.885. The SMILES string of the molecule is O=C(Nc1ccc(F)cc1)c1cnn2c1N=C(C1CCNCC1)CC2=O. The fourth-order valence-electron chi connectivity index (χ4n) is 3.32. The van der Waals surface area contributed by atoms with Crippen LogP contribution in [0.15, 0.2) is 35.5 Å². The van der Waals surface area contributed by atoms with Crippen LogP contribution >= 0.6 is 0 Å². The van der Waals surface area contributed by atoms with Crippen molar-refractivity contribution in [1.29, 1.82) is 0 Å². The van der Waals surface area contributed by atoms with E-state index in [0.29, 0.717) is 5.69 Å². The number of halogens is 1. The molecule has 0 radical (unpaired) electrons.